The standard InChI is InChI=1S/C14H17FN4O2/c1-2-3-4-7-21-11-6-5-9(15)8-10(11)12-13(14(16)20)18-19-17-12/h5-6,8H,2-4,7H2,1H3,(H2,16,20)(H,17,18,19). The lowest BCUT2D eigenvalue weighted by molar-refractivity contribution is 0.0996. The number of aromatic amines is 1. The number of ether oxygens (including phenoxy) is 1. The molecule has 0 spiro atoms. The zero-order chi connectivity index (χ0) is 15.2. The number of unbranched alkanes of at least 4 members (excludes halogenated alkanes) is 2. The molecule has 0 aliphatic heterocycles. The predicted molar refractivity (Wildman–Crippen MR) is 75.3 cm³/mol. The average Bonchev–Trinajstić information content (AvgIpc) is 2.94. The van der Waals surface area contributed by atoms with Gasteiger partial charge in [-0.25, -0.2) is 4.39 Å². The average molecular weight is 292 g/mol. The number of hydrogen-bond donors (Lipinski definition) is 2. The number of nitrogens with two attached hydrogens (primary N) is 1. The van der Waals surface area contributed by atoms with E-state index >= 15 is 0 Å². The molecule has 0 fully saturated rings. The van der Waals surface area contributed by atoms with E-state index in [4.69, 9.17) is 10.5 Å². The maximum absolute atomic E-state index is 13.5. The minimum absolute atomic E-state index is 0.0426. The fourth-order valence-corrected chi connectivity index (χ4v) is 1.94. The molecular formula is C14H17FN4O2. The van der Waals surface area contributed by atoms with Gasteiger partial charge in [-0.05, 0) is 24.6 Å². The zero-order valence-corrected chi connectivity index (χ0v) is 11.7. The van der Waals surface area contributed by atoms with Gasteiger partial charge in [-0.3, -0.25) is 4.79 Å². The number of amides is 1. The second-order valence-corrected chi connectivity index (χ2v) is 4.58. The van der Waals surface area contributed by atoms with Crippen LogP contribution in [0.15, 0.2) is 18.2 Å². The lowest BCUT2D eigenvalue weighted by atomic mass is 10.1. The molecule has 1 aromatic carbocycles. The van der Waals surface area contributed by atoms with Crippen LogP contribution < -0.4 is 10.5 Å². The minimum Gasteiger partial charge on any atom is -0.493 e. The quantitative estimate of drug-likeness (QED) is 0.765. The topological polar surface area (TPSA) is 93.9 Å². The third-order valence-electron chi connectivity index (χ3n) is 2.98. The van der Waals surface area contributed by atoms with Gasteiger partial charge >= 0.3 is 0 Å². The summed E-state index contributed by atoms with van der Waals surface area (Å²) in [5.74, 6) is -0.742. The van der Waals surface area contributed by atoms with E-state index in [1.54, 1.807) is 0 Å². The van der Waals surface area contributed by atoms with Crippen LogP contribution in [0, 0.1) is 5.82 Å². The summed E-state index contributed by atoms with van der Waals surface area (Å²) >= 11 is 0. The number of carbonyl (C=O) groups excluding carboxylic acids is 1. The molecule has 0 bridgehead atoms. The SMILES string of the molecule is CCCCCOc1ccc(F)cc1-c1n[nH]nc1C(N)=O. The van der Waals surface area contributed by atoms with Crippen molar-refractivity contribution in [1.82, 2.24) is 15.4 Å². The van der Waals surface area contributed by atoms with Gasteiger partial charge in [-0.15, -0.1) is 0 Å². The van der Waals surface area contributed by atoms with Gasteiger partial charge in [0.05, 0.1) is 6.61 Å². The Kier molecular flexibility index (Phi) is 4.86. The number of nitrogens with one attached hydrogen (secondary N) is 1. The van der Waals surface area contributed by atoms with Crippen molar-refractivity contribution in [2.75, 3.05) is 6.61 Å². The maximum Gasteiger partial charge on any atom is 0.271 e. The highest BCUT2D eigenvalue weighted by molar-refractivity contribution is 5.97. The Morgan fingerprint density at radius 1 is 1.38 bits per heavy atom. The monoisotopic (exact) mass is 292 g/mol. The van der Waals surface area contributed by atoms with Crippen molar-refractivity contribution in [2.45, 2.75) is 26.2 Å². The van der Waals surface area contributed by atoms with E-state index < -0.39 is 11.7 Å². The van der Waals surface area contributed by atoms with Gasteiger partial charge in [-0.2, -0.15) is 15.4 Å². The number of nitrogens with zero attached hydrogens (tertiary/aromatic N) is 2. The van der Waals surface area contributed by atoms with Crippen molar-refractivity contribution < 1.29 is 13.9 Å². The van der Waals surface area contributed by atoms with E-state index in [1.807, 2.05) is 0 Å². The molecule has 2 aromatic rings. The number of aromatic nitrogens is 3. The van der Waals surface area contributed by atoms with E-state index in [-0.39, 0.29) is 11.4 Å². The Balaban J connectivity index is 2.30. The molecule has 0 aliphatic rings. The van der Waals surface area contributed by atoms with Gasteiger partial charge in [0.15, 0.2) is 5.69 Å². The Morgan fingerprint density at radius 3 is 2.90 bits per heavy atom. The highest BCUT2D eigenvalue weighted by Gasteiger charge is 2.19. The Morgan fingerprint density at radius 2 is 2.19 bits per heavy atom. The van der Waals surface area contributed by atoms with E-state index in [2.05, 4.69) is 22.3 Å². The summed E-state index contributed by atoms with van der Waals surface area (Å²) in [6.45, 7) is 2.61. The van der Waals surface area contributed by atoms with Crippen LogP contribution in [0.2, 0.25) is 0 Å². The van der Waals surface area contributed by atoms with Crippen molar-refractivity contribution >= 4 is 5.91 Å². The number of carbonyl (C=O) groups is 1. The minimum atomic E-state index is -0.736. The van der Waals surface area contributed by atoms with E-state index in [1.165, 1.54) is 18.2 Å². The number of halogens is 1. The fraction of sp³-hybridized carbons (Fsp3) is 0.357. The van der Waals surface area contributed by atoms with Crippen molar-refractivity contribution in [1.29, 1.82) is 0 Å². The molecule has 0 saturated heterocycles. The van der Waals surface area contributed by atoms with Crippen molar-refractivity contribution in [2.24, 2.45) is 5.73 Å². The first-order valence-electron chi connectivity index (χ1n) is 6.76. The van der Waals surface area contributed by atoms with Crippen LogP contribution in [0.25, 0.3) is 11.3 Å². The lowest BCUT2D eigenvalue weighted by Crippen LogP contribution is -2.13. The van der Waals surface area contributed by atoms with Crippen LogP contribution in [0.3, 0.4) is 0 Å². The number of hydrogen-bond acceptors (Lipinski definition) is 4. The molecule has 112 valence electrons. The normalized spacial score (nSPS) is 10.6. The highest BCUT2D eigenvalue weighted by atomic mass is 19.1. The number of primary amides is 1. The van der Waals surface area contributed by atoms with Gasteiger partial charge in [0.1, 0.15) is 17.3 Å². The third-order valence-corrected chi connectivity index (χ3v) is 2.98. The maximum atomic E-state index is 13.5. The molecule has 1 amide bonds. The lowest BCUT2D eigenvalue weighted by Gasteiger charge is -2.10. The van der Waals surface area contributed by atoms with Gasteiger partial charge in [0, 0.05) is 5.56 Å². The second-order valence-electron chi connectivity index (χ2n) is 4.58. The molecule has 0 atom stereocenters. The molecule has 0 saturated carbocycles. The Labute approximate surface area is 121 Å². The summed E-state index contributed by atoms with van der Waals surface area (Å²) in [4.78, 5) is 11.3. The van der Waals surface area contributed by atoms with Crippen LogP contribution in [0.1, 0.15) is 36.7 Å². The molecule has 0 aliphatic carbocycles. The van der Waals surface area contributed by atoms with Crippen LogP contribution >= 0.6 is 0 Å². The number of rotatable bonds is 7. The number of H-pyrrole nitrogens is 1. The molecule has 3 N–H and O–H groups in total. The summed E-state index contributed by atoms with van der Waals surface area (Å²) in [5, 5.41) is 9.88. The first kappa shape index (κ1) is 15.0. The summed E-state index contributed by atoms with van der Waals surface area (Å²) in [5.41, 5.74) is 5.73. The summed E-state index contributed by atoms with van der Waals surface area (Å²) < 4.78 is 19.1. The van der Waals surface area contributed by atoms with Gasteiger partial charge < -0.3 is 10.5 Å². The predicted octanol–water partition coefficient (Wildman–Crippen LogP) is 2.28. The molecule has 1 heterocycles. The molecule has 0 radical (unpaired) electrons. The third kappa shape index (κ3) is 3.56. The highest BCUT2D eigenvalue weighted by Crippen LogP contribution is 2.31. The molecule has 21 heavy (non-hydrogen) atoms. The second kappa shape index (κ2) is 6.83. The van der Waals surface area contributed by atoms with Gasteiger partial charge in [0.25, 0.3) is 5.91 Å². The molecule has 6 nitrogen and oxygen atoms in total. The van der Waals surface area contributed by atoms with Crippen molar-refractivity contribution in [3.05, 3.63) is 29.7 Å². The van der Waals surface area contributed by atoms with Gasteiger partial charge in [-0.1, -0.05) is 19.8 Å². The fourth-order valence-electron chi connectivity index (χ4n) is 1.94. The molecular weight excluding hydrogens is 275 g/mol. The summed E-state index contributed by atoms with van der Waals surface area (Å²) in [6.07, 6.45) is 3.02. The zero-order valence-electron chi connectivity index (χ0n) is 11.7. The molecule has 0 unspecified atom stereocenters. The summed E-state index contributed by atoms with van der Waals surface area (Å²) in [6, 6.07) is 4.05. The summed E-state index contributed by atoms with van der Waals surface area (Å²) in [7, 11) is 0. The van der Waals surface area contributed by atoms with Gasteiger partial charge in [0.2, 0.25) is 0 Å². The first-order valence-corrected chi connectivity index (χ1v) is 6.76. The molecule has 7 heteroatoms. The Hall–Kier alpha value is -2.44. The van der Waals surface area contributed by atoms with Crippen LogP contribution in [0.5, 0.6) is 5.75 Å². The Bertz CT molecular complexity index is 627. The molecule has 1 aromatic heterocycles. The van der Waals surface area contributed by atoms with Crippen LogP contribution in [-0.2, 0) is 0 Å². The van der Waals surface area contributed by atoms with Crippen LogP contribution in [0.4, 0.5) is 4.39 Å². The van der Waals surface area contributed by atoms with Crippen LogP contribution in [-0.4, -0.2) is 27.9 Å². The van der Waals surface area contributed by atoms with Crippen molar-refractivity contribution in [3.8, 4) is 17.0 Å². The van der Waals surface area contributed by atoms with E-state index in [9.17, 15) is 9.18 Å². The number of benzene rings is 1. The molecule has 2 rings (SSSR count). The first-order chi connectivity index (χ1) is 10.1. The van der Waals surface area contributed by atoms with Crippen molar-refractivity contribution in [3.63, 3.8) is 0 Å². The largest absolute Gasteiger partial charge is 0.493 e. The smallest absolute Gasteiger partial charge is 0.271 e. The van der Waals surface area contributed by atoms with E-state index in [0.29, 0.717) is 17.9 Å². The van der Waals surface area contributed by atoms with E-state index in [0.717, 1.165) is 19.3 Å².